The fourth-order valence-electron chi connectivity index (χ4n) is 1.77. The number of carboxylic acids is 1. The summed E-state index contributed by atoms with van der Waals surface area (Å²) in [4.78, 5) is 23.4. The minimum atomic E-state index is -2.73. The molecule has 8 heteroatoms. The molecule has 0 aromatic heterocycles. The highest BCUT2D eigenvalue weighted by molar-refractivity contribution is 5.87. The van der Waals surface area contributed by atoms with E-state index in [1.807, 2.05) is 0 Å². The Hall–Kier alpha value is -1.44. The largest absolute Gasteiger partial charge is 0.480 e. The van der Waals surface area contributed by atoms with Crippen molar-refractivity contribution in [1.29, 1.82) is 0 Å². The van der Waals surface area contributed by atoms with Crippen molar-refractivity contribution < 1.29 is 28.6 Å². The number of hydrogen-bond donors (Lipinski definition) is 3. The summed E-state index contributed by atoms with van der Waals surface area (Å²) in [6.07, 6.45) is -1.49. The van der Waals surface area contributed by atoms with Crippen molar-refractivity contribution in [2.24, 2.45) is 0 Å². The highest BCUT2D eigenvalue weighted by atomic mass is 19.3. The van der Waals surface area contributed by atoms with Gasteiger partial charge in [0.25, 0.3) is 6.43 Å². The smallest absolute Gasteiger partial charge is 0.329 e. The van der Waals surface area contributed by atoms with Gasteiger partial charge < -0.3 is 20.4 Å². The Morgan fingerprint density at radius 2 is 2.00 bits per heavy atom. The molecule has 6 nitrogen and oxygen atoms in total. The standard InChI is InChI=1S/C10H16F2N2O4/c11-7(12)6-14(4-5-15)9(18)13-10(8(16)17)2-1-3-10/h7,15H,1-6H2,(H,13,18)(H,16,17). The molecule has 1 aliphatic carbocycles. The Labute approximate surface area is 103 Å². The van der Waals surface area contributed by atoms with Gasteiger partial charge >= 0.3 is 12.0 Å². The van der Waals surface area contributed by atoms with Gasteiger partial charge in [0.1, 0.15) is 5.54 Å². The predicted octanol–water partition coefficient (Wildman–Crippen LogP) is 0.263. The molecule has 0 saturated heterocycles. The third kappa shape index (κ3) is 3.28. The monoisotopic (exact) mass is 266 g/mol. The van der Waals surface area contributed by atoms with Gasteiger partial charge in [0.15, 0.2) is 0 Å². The number of hydrogen-bond acceptors (Lipinski definition) is 3. The van der Waals surface area contributed by atoms with Crippen LogP contribution in [-0.4, -0.2) is 58.8 Å². The number of halogens is 2. The molecule has 104 valence electrons. The maximum atomic E-state index is 12.2. The summed E-state index contributed by atoms with van der Waals surface area (Å²) in [5.41, 5.74) is -1.34. The van der Waals surface area contributed by atoms with E-state index in [0.29, 0.717) is 11.3 Å². The summed E-state index contributed by atoms with van der Waals surface area (Å²) in [6.45, 7) is -1.55. The van der Waals surface area contributed by atoms with Gasteiger partial charge in [-0.3, -0.25) is 0 Å². The van der Waals surface area contributed by atoms with Crippen LogP contribution in [0.3, 0.4) is 0 Å². The molecule has 1 rings (SSSR count). The quantitative estimate of drug-likeness (QED) is 0.643. The number of nitrogens with one attached hydrogen (secondary N) is 1. The molecule has 0 heterocycles. The summed E-state index contributed by atoms with van der Waals surface area (Å²) >= 11 is 0. The van der Waals surface area contributed by atoms with Crippen LogP contribution in [0.25, 0.3) is 0 Å². The van der Waals surface area contributed by atoms with Crippen LogP contribution in [0.1, 0.15) is 19.3 Å². The van der Waals surface area contributed by atoms with Crippen LogP contribution >= 0.6 is 0 Å². The number of nitrogens with zero attached hydrogens (tertiary/aromatic N) is 1. The molecule has 2 amide bonds. The highest BCUT2D eigenvalue weighted by Gasteiger charge is 2.46. The van der Waals surface area contributed by atoms with E-state index < -0.39 is 37.1 Å². The van der Waals surface area contributed by atoms with Crippen LogP contribution < -0.4 is 5.32 Å². The van der Waals surface area contributed by atoms with Gasteiger partial charge in [-0.2, -0.15) is 0 Å². The molecule has 1 fully saturated rings. The fraction of sp³-hybridized carbons (Fsp3) is 0.800. The van der Waals surface area contributed by atoms with E-state index in [1.165, 1.54) is 0 Å². The number of aliphatic carboxylic acids is 1. The van der Waals surface area contributed by atoms with Crippen LogP contribution in [-0.2, 0) is 4.79 Å². The van der Waals surface area contributed by atoms with Gasteiger partial charge in [-0.05, 0) is 19.3 Å². The average molecular weight is 266 g/mol. The van der Waals surface area contributed by atoms with Crippen molar-refractivity contribution in [2.45, 2.75) is 31.2 Å². The summed E-state index contributed by atoms with van der Waals surface area (Å²) in [7, 11) is 0. The minimum Gasteiger partial charge on any atom is -0.480 e. The maximum absolute atomic E-state index is 12.2. The molecule has 0 unspecified atom stereocenters. The van der Waals surface area contributed by atoms with E-state index >= 15 is 0 Å². The zero-order chi connectivity index (χ0) is 13.8. The first-order valence-corrected chi connectivity index (χ1v) is 5.61. The first-order chi connectivity index (χ1) is 8.41. The van der Waals surface area contributed by atoms with E-state index in [2.05, 4.69) is 5.32 Å². The van der Waals surface area contributed by atoms with E-state index in [4.69, 9.17) is 10.2 Å². The Bertz CT molecular complexity index is 321. The number of urea groups is 1. The number of aliphatic hydroxyl groups is 1. The Morgan fingerprint density at radius 1 is 1.39 bits per heavy atom. The molecule has 0 atom stereocenters. The molecule has 3 N–H and O–H groups in total. The highest BCUT2D eigenvalue weighted by Crippen LogP contribution is 2.32. The lowest BCUT2D eigenvalue weighted by molar-refractivity contribution is -0.148. The molecule has 0 aliphatic heterocycles. The number of aliphatic hydroxyl groups excluding tert-OH is 1. The van der Waals surface area contributed by atoms with Crippen LogP contribution in [0.5, 0.6) is 0 Å². The number of carbonyl (C=O) groups is 2. The summed E-state index contributed by atoms with van der Waals surface area (Å²) in [6, 6.07) is -0.883. The lowest BCUT2D eigenvalue weighted by atomic mass is 9.77. The summed E-state index contributed by atoms with van der Waals surface area (Å²) < 4.78 is 24.5. The van der Waals surface area contributed by atoms with Crippen LogP contribution in [0.15, 0.2) is 0 Å². The van der Waals surface area contributed by atoms with Crippen LogP contribution in [0.2, 0.25) is 0 Å². The van der Waals surface area contributed by atoms with Gasteiger partial charge in [-0.1, -0.05) is 0 Å². The first-order valence-electron chi connectivity index (χ1n) is 5.61. The van der Waals surface area contributed by atoms with E-state index in [-0.39, 0.29) is 19.4 Å². The van der Waals surface area contributed by atoms with Crippen molar-refractivity contribution >= 4 is 12.0 Å². The van der Waals surface area contributed by atoms with Crippen molar-refractivity contribution in [1.82, 2.24) is 10.2 Å². The number of carbonyl (C=O) groups excluding carboxylic acids is 1. The topological polar surface area (TPSA) is 89.9 Å². The van der Waals surface area contributed by atoms with Crippen molar-refractivity contribution in [3.8, 4) is 0 Å². The molecule has 0 aromatic carbocycles. The maximum Gasteiger partial charge on any atom is 0.329 e. The molecule has 0 spiro atoms. The lowest BCUT2D eigenvalue weighted by Crippen LogP contribution is -2.62. The van der Waals surface area contributed by atoms with Crippen molar-refractivity contribution in [3.05, 3.63) is 0 Å². The Morgan fingerprint density at radius 3 is 2.33 bits per heavy atom. The van der Waals surface area contributed by atoms with Gasteiger partial charge in [-0.25, -0.2) is 18.4 Å². The second-order valence-corrected chi connectivity index (χ2v) is 4.23. The number of carboxylic acid groups (broad SMARTS) is 1. The van der Waals surface area contributed by atoms with Gasteiger partial charge in [0.2, 0.25) is 0 Å². The average Bonchev–Trinajstić information content (AvgIpc) is 2.21. The van der Waals surface area contributed by atoms with Crippen LogP contribution in [0.4, 0.5) is 13.6 Å². The van der Waals surface area contributed by atoms with Gasteiger partial charge in [0.05, 0.1) is 13.2 Å². The van der Waals surface area contributed by atoms with E-state index in [1.54, 1.807) is 0 Å². The molecule has 18 heavy (non-hydrogen) atoms. The molecule has 0 bridgehead atoms. The van der Waals surface area contributed by atoms with Gasteiger partial charge in [0, 0.05) is 6.54 Å². The van der Waals surface area contributed by atoms with Crippen LogP contribution in [0, 0.1) is 0 Å². The number of rotatable bonds is 6. The Balaban J connectivity index is 2.63. The fourth-order valence-corrected chi connectivity index (χ4v) is 1.77. The normalized spacial score (nSPS) is 17.1. The third-order valence-electron chi connectivity index (χ3n) is 2.98. The molecule has 0 radical (unpaired) electrons. The summed E-state index contributed by atoms with van der Waals surface area (Å²) in [5, 5.41) is 20.0. The van der Waals surface area contributed by atoms with E-state index in [0.717, 1.165) is 0 Å². The van der Waals surface area contributed by atoms with Crippen molar-refractivity contribution in [3.63, 3.8) is 0 Å². The second-order valence-electron chi connectivity index (χ2n) is 4.23. The van der Waals surface area contributed by atoms with Gasteiger partial charge in [-0.15, -0.1) is 0 Å². The van der Waals surface area contributed by atoms with E-state index in [9.17, 15) is 18.4 Å². The van der Waals surface area contributed by atoms with Crippen molar-refractivity contribution in [2.75, 3.05) is 19.7 Å². The number of amides is 2. The molecule has 1 saturated carbocycles. The first kappa shape index (κ1) is 14.6. The summed E-state index contributed by atoms with van der Waals surface area (Å²) in [5.74, 6) is -1.16. The molecular formula is C10H16F2N2O4. The molecule has 1 aliphatic rings. The number of alkyl halides is 2. The third-order valence-corrected chi connectivity index (χ3v) is 2.98. The lowest BCUT2D eigenvalue weighted by Gasteiger charge is -2.39. The molecular weight excluding hydrogens is 250 g/mol. The molecule has 0 aromatic rings. The zero-order valence-corrected chi connectivity index (χ0v) is 9.73. The zero-order valence-electron chi connectivity index (χ0n) is 9.73. The second kappa shape index (κ2) is 5.94. The Kier molecular flexibility index (Phi) is 4.83. The predicted molar refractivity (Wildman–Crippen MR) is 57.4 cm³/mol. The SMILES string of the molecule is O=C(NC1(C(=O)O)CCC1)N(CCO)CC(F)F. The minimum absolute atomic E-state index is 0.258.